The van der Waals surface area contributed by atoms with E-state index in [0.717, 1.165) is 45.4 Å². The molecule has 6 nitrogen and oxygen atoms in total. The van der Waals surface area contributed by atoms with Gasteiger partial charge in [0.15, 0.2) is 0 Å². The van der Waals surface area contributed by atoms with Gasteiger partial charge < -0.3 is 19.9 Å². The first-order valence-electron chi connectivity index (χ1n) is 9.98. The number of carbonyl (C=O) groups is 2. The second kappa shape index (κ2) is 9.90. The lowest BCUT2D eigenvalue weighted by Gasteiger charge is -2.38. The summed E-state index contributed by atoms with van der Waals surface area (Å²) in [6.07, 6.45) is 7.96. The number of amides is 2. The molecule has 0 atom stereocenters. The molecule has 0 aromatic rings. The molecule has 0 bridgehead atoms. The van der Waals surface area contributed by atoms with Gasteiger partial charge in [-0.15, -0.1) is 12.4 Å². The van der Waals surface area contributed by atoms with Gasteiger partial charge in [-0.2, -0.15) is 0 Å². The van der Waals surface area contributed by atoms with Gasteiger partial charge in [0.25, 0.3) is 5.91 Å². The summed E-state index contributed by atoms with van der Waals surface area (Å²) in [6.45, 7) is 4.43. The number of hydrogen-bond donors (Lipinski definition) is 1. The van der Waals surface area contributed by atoms with E-state index < -0.39 is 5.60 Å². The molecule has 2 amide bonds. The molecule has 150 valence electrons. The lowest BCUT2D eigenvalue weighted by Crippen LogP contribution is -2.56. The van der Waals surface area contributed by atoms with E-state index in [4.69, 9.17) is 4.74 Å². The maximum absolute atomic E-state index is 13.1. The van der Waals surface area contributed by atoms with Gasteiger partial charge in [0.05, 0.1) is 0 Å². The Labute approximate surface area is 163 Å². The van der Waals surface area contributed by atoms with Gasteiger partial charge in [-0.05, 0) is 51.1 Å². The molecule has 3 rings (SSSR count). The molecule has 1 saturated carbocycles. The molecular weight excluding hydrogens is 354 g/mol. The van der Waals surface area contributed by atoms with E-state index in [9.17, 15) is 9.59 Å². The van der Waals surface area contributed by atoms with Crippen molar-refractivity contribution in [2.75, 3.05) is 46.4 Å². The van der Waals surface area contributed by atoms with Gasteiger partial charge in [-0.25, -0.2) is 0 Å². The smallest absolute Gasteiger partial charge is 0.254 e. The first-order chi connectivity index (χ1) is 12.1. The molecule has 0 spiro atoms. The molecule has 3 aliphatic rings. The quantitative estimate of drug-likeness (QED) is 0.799. The van der Waals surface area contributed by atoms with E-state index in [-0.39, 0.29) is 24.2 Å². The normalized spacial score (nSPS) is 24.0. The van der Waals surface area contributed by atoms with Crippen molar-refractivity contribution in [1.82, 2.24) is 15.1 Å². The van der Waals surface area contributed by atoms with Crippen LogP contribution in [0.2, 0.25) is 0 Å². The predicted octanol–water partition coefficient (Wildman–Crippen LogP) is 1.82. The summed E-state index contributed by atoms with van der Waals surface area (Å²) in [6, 6.07) is 0. The Bertz CT molecular complexity index is 477. The second-order valence-electron chi connectivity index (χ2n) is 7.83. The Morgan fingerprint density at radius 3 is 2.27 bits per heavy atom. The van der Waals surface area contributed by atoms with Crippen molar-refractivity contribution in [3.05, 3.63) is 0 Å². The Kier molecular flexibility index (Phi) is 8.17. The van der Waals surface area contributed by atoms with Gasteiger partial charge in [0.2, 0.25) is 5.91 Å². The Morgan fingerprint density at radius 2 is 1.62 bits per heavy atom. The molecule has 0 aromatic heterocycles. The Balaban J connectivity index is 0.00000243. The Morgan fingerprint density at radius 1 is 1.00 bits per heavy atom. The lowest BCUT2D eigenvalue weighted by atomic mass is 9.90. The minimum absolute atomic E-state index is 0. The fourth-order valence-electron chi connectivity index (χ4n) is 4.58. The highest BCUT2D eigenvalue weighted by molar-refractivity contribution is 5.86. The van der Waals surface area contributed by atoms with Crippen molar-refractivity contribution < 1.29 is 14.3 Å². The third-order valence-electron chi connectivity index (χ3n) is 6.27. The van der Waals surface area contributed by atoms with E-state index in [0.29, 0.717) is 25.4 Å². The van der Waals surface area contributed by atoms with Gasteiger partial charge in [-0.1, -0.05) is 12.8 Å². The van der Waals surface area contributed by atoms with Gasteiger partial charge >= 0.3 is 0 Å². The Hall–Kier alpha value is -0.850. The number of nitrogens with zero attached hydrogens (tertiary/aromatic N) is 2. The molecule has 1 N–H and O–H groups in total. The molecule has 3 fully saturated rings. The van der Waals surface area contributed by atoms with Crippen LogP contribution in [0, 0.1) is 5.92 Å². The van der Waals surface area contributed by atoms with Crippen LogP contribution in [-0.2, 0) is 14.3 Å². The standard InChI is InChI=1S/C19H33N3O3.ClH/c1-25-19(7-9-20-10-8-19)18(24)22-12-4-11-21(13-14-22)17(23)15-16-5-2-3-6-16;/h16,20H,2-15H2,1H3;1H. The van der Waals surface area contributed by atoms with E-state index >= 15 is 0 Å². The third kappa shape index (κ3) is 4.90. The molecule has 0 radical (unpaired) electrons. The topological polar surface area (TPSA) is 61.9 Å². The number of piperidine rings is 1. The SMILES string of the molecule is COC1(C(=O)N2CCCN(C(=O)CC3CCCC3)CC2)CCNCC1.Cl. The second-order valence-corrected chi connectivity index (χ2v) is 7.83. The maximum atomic E-state index is 13.1. The van der Waals surface area contributed by atoms with Crippen LogP contribution in [0.1, 0.15) is 51.4 Å². The highest BCUT2D eigenvalue weighted by atomic mass is 35.5. The van der Waals surface area contributed by atoms with Crippen LogP contribution >= 0.6 is 12.4 Å². The van der Waals surface area contributed by atoms with Crippen molar-refractivity contribution in [3.63, 3.8) is 0 Å². The van der Waals surface area contributed by atoms with Crippen LogP contribution < -0.4 is 5.32 Å². The minimum Gasteiger partial charge on any atom is -0.368 e. The van der Waals surface area contributed by atoms with Crippen molar-refractivity contribution >= 4 is 24.2 Å². The van der Waals surface area contributed by atoms with Crippen LogP contribution in [0.5, 0.6) is 0 Å². The van der Waals surface area contributed by atoms with Gasteiger partial charge in [-0.3, -0.25) is 9.59 Å². The van der Waals surface area contributed by atoms with Crippen LogP contribution in [0.15, 0.2) is 0 Å². The number of hydrogen-bond acceptors (Lipinski definition) is 4. The first kappa shape index (κ1) is 21.5. The van der Waals surface area contributed by atoms with E-state index in [1.165, 1.54) is 25.7 Å². The lowest BCUT2D eigenvalue weighted by molar-refractivity contribution is -0.158. The zero-order valence-electron chi connectivity index (χ0n) is 16.0. The number of ether oxygens (including phenoxy) is 1. The number of methoxy groups -OCH3 is 1. The molecule has 1 aliphatic carbocycles. The van der Waals surface area contributed by atoms with Crippen molar-refractivity contribution in [2.24, 2.45) is 5.92 Å². The average molecular weight is 388 g/mol. The van der Waals surface area contributed by atoms with Gasteiger partial charge in [0, 0.05) is 39.7 Å². The van der Waals surface area contributed by atoms with Crippen LogP contribution in [-0.4, -0.2) is 73.6 Å². The molecule has 2 heterocycles. The largest absolute Gasteiger partial charge is 0.368 e. The zero-order chi connectivity index (χ0) is 17.7. The summed E-state index contributed by atoms with van der Waals surface area (Å²) in [5.41, 5.74) is -0.672. The maximum Gasteiger partial charge on any atom is 0.254 e. The first-order valence-corrected chi connectivity index (χ1v) is 9.98. The monoisotopic (exact) mass is 387 g/mol. The molecule has 2 aliphatic heterocycles. The van der Waals surface area contributed by atoms with Crippen LogP contribution in [0.4, 0.5) is 0 Å². The molecule has 7 heteroatoms. The molecule has 0 aromatic carbocycles. The van der Waals surface area contributed by atoms with Crippen LogP contribution in [0.25, 0.3) is 0 Å². The van der Waals surface area contributed by atoms with E-state index in [1.54, 1.807) is 7.11 Å². The fraction of sp³-hybridized carbons (Fsp3) is 0.895. The number of halogens is 1. The summed E-state index contributed by atoms with van der Waals surface area (Å²) in [5.74, 6) is 0.978. The minimum atomic E-state index is -0.672. The summed E-state index contributed by atoms with van der Waals surface area (Å²) >= 11 is 0. The number of carbonyl (C=O) groups excluding carboxylic acids is 2. The molecular formula is C19H34ClN3O3. The van der Waals surface area contributed by atoms with Crippen LogP contribution in [0.3, 0.4) is 0 Å². The van der Waals surface area contributed by atoms with Gasteiger partial charge in [0.1, 0.15) is 5.60 Å². The predicted molar refractivity (Wildman–Crippen MR) is 103 cm³/mol. The molecule has 0 unspecified atom stereocenters. The average Bonchev–Trinajstić information content (AvgIpc) is 3.03. The number of rotatable bonds is 4. The highest BCUT2D eigenvalue weighted by Gasteiger charge is 2.42. The van der Waals surface area contributed by atoms with Crippen molar-refractivity contribution in [1.29, 1.82) is 0 Å². The summed E-state index contributed by atoms with van der Waals surface area (Å²) in [7, 11) is 1.65. The van der Waals surface area contributed by atoms with E-state index in [1.807, 2.05) is 9.80 Å². The third-order valence-corrected chi connectivity index (χ3v) is 6.27. The number of nitrogens with one attached hydrogen (secondary N) is 1. The zero-order valence-corrected chi connectivity index (χ0v) is 16.8. The van der Waals surface area contributed by atoms with Crippen molar-refractivity contribution in [3.8, 4) is 0 Å². The summed E-state index contributed by atoms with van der Waals surface area (Å²) < 4.78 is 5.69. The molecule has 2 saturated heterocycles. The molecule has 26 heavy (non-hydrogen) atoms. The van der Waals surface area contributed by atoms with E-state index in [2.05, 4.69) is 5.32 Å². The fourth-order valence-corrected chi connectivity index (χ4v) is 4.58. The highest BCUT2D eigenvalue weighted by Crippen LogP contribution is 2.29. The summed E-state index contributed by atoms with van der Waals surface area (Å²) in [5, 5.41) is 3.30. The van der Waals surface area contributed by atoms with Crippen molar-refractivity contribution in [2.45, 2.75) is 57.0 Å². The summed E-state index contributed by atoms with van der Waals surface area (Å²) in [4.78, 5) is 29.6.